The van der Waals surface area contributed by atoms with Crippen LogP contribution >= 0.6 is 0 Å². The van der Waals surface area contributed by atoms with Crippen LogP contribution < -0.4 is 0 Å². The lowest BCUT2D eigenvalue weighted by molar-refractivity contribution is 1.01. The van der Waals surface area contributed by atoms with E-state index in [9.17, 15) is 0 Å². The summed E-state index contributed by atoms with van der Waals surface area (Å²) >= 11 is 0. The van der Waals surface area contributed by atoms with Gasteiger partial charge in [0, 0.05) is 38.2 Å². The summed E-state index contributed by atoms with van der Waals surface area (Å²) in [7, 11) is 0. The van der Waals surface area contributed by atoms with Crippen LogP contribution in [0.3, 0.4) is 0 Å². The average molecular weight is 637 g/mol. The summed E-state index contributed by atoms with van der Waals surface area (Å²) < 4.78 is 4.68. The van der Waals surface area contributed by atoms with Crippen molar-refractivity contribution in [3.05, 3.63) is 170 Å². The molecular weight excluding hydrogens is 609 g/mol. The maximum atomic E-state index is 5.37. The molecule has 0 bridgehead atoms. The summed E-state index contributed by atoms with van der Waals surface area (Å²) in [6.07, 6.45) is 0. The zero-order chi connectivity index (χ0) is 32.8. The minimum Gasteiger partial charge on any atom is -0.309 e. The van der Waals surface area contributed by atoms with E-state index in [1.54, 1.807) is 0 Å². The lowest BCUT2D eigenvalue weighted by Gasteiger charge is -2.13. The molecule has 0 saturated carbocycles. The Morgan fingerprint density at radius 2 is 0.940 bits per heavy atom. The zero-order valence-corrected chi connectivity index (χ0v) is 27.0. The van der Waals surface area contributed by atoms with Crippen molar-refractivity contribution in [2.24, 2.45) is 0 Å². The van der Waals surface area contributed by atoms with Crippen molar-refractivity contribution in [3.63, 3.8) is 0 Å². The van der Waals surface area contributed by atoms with E-state index in [0.717, 1.165) is 38.9 Å². The average Bonchev–Trinajstić information content (AvgIpc) is 3.71. The van der Waals surface area contributed by atoms with E-state index >= 15 is 0 Å². The Morgan fingerprint density at radius 1 is 0.360 bits per heavy atom. The van der Waals surface area contributed by atoms with Gasteiger partial charge in [0.2, 0.25) is 5.95 Å². The molecule has 0 fully saturated rings. The molecule has 11 rings (SSSR count). The monoisotopic (exact) mass is 636 g/mol. The van der Waals surface area contributed by atoms with E-state index in [0.29, 0.717) is 5.95 Å². The molecule has 0 unspecified atom stereocenters. The lowest BCUT2D eigenvalue weighted by Crippen LogP contribution is -2.04. The predicted octanol–water partition coefficient (Wildman–Crippen LogP) is 11.8. The third-order valence-electron chi connectivity index (χ3n) is 10.3. The molecule has 8 aromatic carbocycles. The SMILES string of the molecule is c1ccc(-c2nc(-n3c4cc(-n5c6ccccc6c6c7ccccc7ccc65)ccc4c4c5ccccc5ccc43)nc3ccccc23)cc1. The summed E-state index contributed by atoms with van der Waals surface area (Å²) in [4.78, 5) is 10.6. The second kappa shape index (κ2) is 10.4. The highest BCUT2D eigenvalue weighted by Crippen LogP contribution is 2.41. The molecule has 0 amide bonds. The fraction of sp³-hybridized carbons (Fsp3) is 0. The van der Waals surface area contributed by atoms with E-state index in [1.165, 1.54) is 54.1 Å². The maximum Gasteiger partial charge on any atom is 0.235 e. The van der Waals surface area contributed by atoms with Crippen molar-refractivity contribution in [2.75, 3.05) is 0 Å². The first-order valence-corrected chi connectivity index (χ1v) is 17.0. The standard InChI is InChI=1S/C46H28N4/c1-2-14-31(15-3-1)45-35-18-8-10-20-38(35)47-46(48-45)50-41-27-23-30-13-5-7-17-34(30)44(41)37-25-24-32(28-42(37)50)49-39-21-11-9-19-36(39)43-33-16-6-4-12-29(33)22-26-40(43)49/h1-28H. The highest BCUT2D eigenvalue weighted by atomic mass is 15.2. The molecule has 0 atom stereocenters. The smallest absolute Gasteiger partial charge is 0.235 e. The second-order valence-electron chi connectivity index (χ2n) is 13.0. The van der Waals surface area contributed by atoms with Gasteiger partial charge in [-0.3, -0.25) is 4.57 Å². The van der Waals surface area contributed by atoms with Gasteiger partial charge in [0.05, 0.1) is 33.3 Å². The van der Waals surface area contributed by atoms with Crippen LogP contribution in [0.15, 0.2) is 170 Å². The van der Waals surface area contributed by atoms with Gasteiger partial charge in [-0.15, -0.1) is 0 Å². The molecule has 232 valence electrons. The van der Waals surface area contributed by atoms with Gasteiger partial charge in [-0.05, 0) is 57.9 Å². The molecular formula is C46H28N4. The quantitative estimate of drug-likeness (QED) is 0.193. The van der Waals surface area contributed by atoms with Gasteiger partial charge in [0.15, 0.2) is 0 Å². The maximum absolute atomic E-state index is 5.37. The molecule has 11 aromatic rings. The number of hydrogen-bond donors (Lipinski definition) is 0. The van der Waals surface area contributed by atoms with Crippen LogP contribution in [0.5, 0.6) is 0 Å². The fourth-order valence-electron chi connectivity index (χ4n) is 8.13. The van der Waals surface area contributed by atoms with Crippen LogP contribution in [-0.4, -0.2) is 19.1 Å². The van der Waals surface area contributed by atoms with Crippen molar-refractivity contribution in [1.29, 1.82) is 0 Å². The molecule has 0 N–H and O–H groups in total. The topological polar surface area (TPSA) is 35.6 Å². The lowest BCUT2D eigenvalue weighted by atomic mass is 10.0. The number of rotatable bonds is 3. The predicted molar refractivity (Wildman–Crippen MR) is 209 cm³/mol. The minimum atomic E-state index is 0.656. The van der Waals surface area contributed by atoms with Gasteiger partial charge < -0.3 is 4.57 Å². The van der Waals surface area contributed by atoms with Crippen LogP contribution in [0.25, 0.3) is 99.0 Å². The van der Waals surface area contributed by atoms with Gasteiger partial charge >= 0.3 is 0 Å². The summed E-state index contributed by atoms with van der Waals surface area (Å²) in [6.45, 7) is 0. The Hall–Kier alpha value is -6.78. The number of nitrogens with zero attached hydrogens (tertiary/aromatic N) is 4. The highest BCUT2D eigenvalue weighted by Gasteiger charge is 2.21. The first kappa shape index (κ1) is 27.2. The first-order valence-electron chi connectivity index (χ1n) is 17.0. The van der Waals surface area contributed by atoms with Gasteiger partial charge in [0.25, 0.3) is 0 Å². The fourth-order valence-corrected chi connectivity index (χ4v) is 8.13. The summed E-state index contributed by atoms with van der Waals surface area (Å²) in [6, 6.07) is 60.7. The highest BCUT2D eigenvalue weighted by molar-refractivity contribution is 6.23. The molecule has 0 saturated heterocycles. The Bertz CT molecular complexity index is 3150. The number of para-hydroxylation sites is 2. The van der Waals surface area contributed by atoms with Crippen LogP contribution in [0.1, 0.15) is 0 Å². The molecule has 0 spiro atoms. The van der Waals surface area contributed by atoms with Crippen LogP contribution in [0.4, 0.5) is 0 Å². The van der Waals surface area contributed by atoms with Crippen molar-refractivity contribution in [3.8, 4) is 22.9 Å². The van der Waals surface area contributed by atoms with Crippen LogP contribution in [0.2, 0.25) is 0 Å². The molecule has 0 radical (unpaired) electrons. The molecule has 4 heteroatoms. The summed E-state index contributed by atoms with van der Waals surface area (Å²) in [5, 5.41) is 10.9. The molecule has 0 aliphatic heterocycles. The Balaban J connectivity index is 1.28. The molecule has 3 aromatic heterocycles. The van der Waals surface area contributed by atoms with Gasteiger partial charge in [-0.25, -0.2) is 9.97 Å². The Kier molecular flexibility index (Phi) is 5.63. The third-order valence-corrected chi connectivity index (χ3v) is 10.3. The zero-order valence-electron chi connectivity index (χ0n) is 27.0. The number of hydrogen-bond acceptors (Lipinski definition) is 2. The first-order chi connectivity index (χ1) is 24.8. The van der Waals surface area contributed by atoms with E-state index in [-0.39, 0.29) is 0 Å². The van der Waals surface area contributed by atoms with E-state index in [4.69, 9.17) is 9.97 Å². The van der Waals surface area contributed by atoms with E-state index in [1.807, 2.05) is 6.07 Å². The van der Waals surface area contributed by atoms with Gasteiger partial charge in [-0.1, -0.05) is 133 Å². The number of benzene rings is 8. The summed E-state index contributed by atoms with van der Waals surface area (Å²) in [5.74, 6) is 0.656. The van der Waals surface area contributed by atoms with Crippen molar-refractivity contribution >= 4 is 76.1 Å². The van der Waals surface area contributed by atoms with Crippen molar-refractivity contribution in [1.82, 2.24) is 19.1 Å². The molecule has 50 heavy (non-hydrogen) atoms. The van der Waals surface area contributed by atoms with Crippen molar-refractivity contribution < 1.29 is 0 Å². The third kappa shape index (κ3) is 3.81. The van der Waals surface area contributed by atoms with E-state index < -0.39 is 0 Å². The minimum absolute atomic E-state index is 0.656. The van der Waals surface area contributed by atoms with Crippen LogP contribution in [-0.2, 0) is 0 Å². The number of aromatic nitrogens is 4. The van der Waals surface area contributed by atoms with Gasteiger partial charge in [0.1, 0.15) is 0 Å². The Labute approximate surface area is 287 Å². The number of fused-ring (bicyclic) bond motifs is 11. The van der Waals surface area contributed by atoms with E-state index in [2.05, 4.69) is 173 Å². The largest absolute Gasteiger partial charge is 0.309 e. The van der Waals surface area contributed by atoms with Crippen LogP contribution in [0, 0.1) is 0 Å². The Morgan fingerprint density at radius 3 is 1.68 bits per heavy atom. The molecule has 0 aliphatic carbocycles. The van der Waals surface area contributed by atoms with Gasteiger partial charge in [-0.2, -0.15) is 0 Å². The summed E-state index contributed by atoms with van der Waals surface area (Å²) in [5.41, 5.74) is 8.51. The second-order valence-corrected chi connectivity index (χ2v) is 13.0. The van der Waals surface area contributed by atoms with Crippen molar-refractivity contribution in [2.45, 2.75) is 0 Å². The molecule has 4 nitrogen and oxygen atoms in total. The molecule has 0 aliphatic rings. The normalized spacial score (nSPS) is 12.0. The molecule has 3 heterocycles.